The lowest BCUT2D eigenvalue weighted by molar-refractivity contribution is 0.0641. The molecule has 0 atom stereocenters. The Morgan fingerprint density at radius 1 is 1.56 bits per heavy atom. The minimum absolute atomic E-state index is 0.201. The third-order valence-electron chi connectivity index (χ3n) is 2.97. The van der Waals surface area contributed by atoms with Crippen molar-refractivity contribution >= 4 is 5.91 Å². The van der Waals surface area contributed by atoms with E-state index >= 15 is 0 Å². The molecule has 0 unspecified atom stereocenters. The van der Waals surface area contributed by atoms with Crippen LogP contribution < -0.4 is 5.32 Å². The van der Waals surface area contributed by atoms with Gasteiger partial charge in [-0.3, -0.25) is 4.79 Å². The van der Waals surface area contributed by atoms with E-state index in [2.05, 4.69) is 10.5 Å². The van der Waals surface area contributed by atoms with Crippen LogP contribution in [0.1, 0.15) is 29.1 Å². The van der Waals surface area contributed by atoms with Crippen molar-refractivity contribution in [2.45, 2.75) is 19.4 Å². The molecule has 1 aromatic rings. The van der Waals surface area contributed by atoms with Crippen molar-refractivity contribution in [2.75, 3.05) is 26.9 Å². The van der Waals surface area contributed by atoms with E-state index < -0.39 is 0 Å². The van der Waals surface area contributed by atoms with Gasteiger partial charge in [-0.25, -0.2) is 0 Å². The number of nitrogens with one attached hydrogen (secondary N) is 1. The second kappa shape index (κ2) is 6.51. The summed E-state index contributed by atoms with van der Waals surface area (Å²) in [6.07, 6.45) is 1.99. The maximum absolute atomic E-state index is 11.8. The summed E-state index contributed by atoms with van der Waals surface area (Å²) in [6.45, 7) is 2.54. The summed E-state index contributed by atoms with van der Waals surface area (Å²) < 4.78 is 15.1. The SMILES string of the molecule is COCc1cc(C(=O)NCC2CCOCC2)no1. The summed E-state index contributed by atoms with van der Waals surface area (Å²) in [5, 5.41) is 6.57. The lowest BCUT2D eigenvalue weighted by Gasteiger charge is -2.21. The predicted octanol–water partition coefficient (Wildman–Crippen LogP) is 0.977. The lowest BCUT2D eigenvalue weighted by atomic mass is 10.0. The average Bonchev–Trinajstić information content (AvgIpc) is 2.86. The molecule has 100 valence electrons. The van der Waals surface area contributed by atoms with Gasteiger partial charge in [-0.1, -0.05) is 5.16 Å². The Bertz CT molecular complexity index is 385. The number of ether oxygens (including phenoxy) is 2. The van der Waals surface area contributed by atoms with E-state index in [1.165, 1.54) is 0 Å². The Morgan fingerprint density at radius 3 is 3.06 bits per heavy atom. The number of hydrogen-bond donors (Lipinski definition) is 1. The van der Waals surface area contributed by atoms with Gasteiger partial charge in [-0.2, -0.15) is 0 Å². The normalized spacial score (nSPS) is 16.7. The molecule has 0 radical (unpaired) electrons. The molecule has 1 saturated heterocycles. The molecule has 2 rings (SSSR count). The molecule has 0 bridgehead atoms. The summed E-state index contributed by atoms with van der Waals surface area (Å²) in [5.74, 6) is 0.842. The monoisotopic (exact) mass is 254 g/mol. The molecule has 6 heteroatoms. The number of methoxy groups -OCH3 is 1. The van der Waals surface area contributed by atoms with Crippen LogP contribution >= 0.6 is 0 Å². The van der Waals surface area contributed by atoms with Crippen molar-refractivity contribution in [2.24, 2.45) is 5.92 Å². The first kappa shape index (κ1) is 13.0. The number of carbonyl (C=O) groups excluding carboxylic acids is 1. The maximum Gasteiger partial charge on any atom is 0.273 e. The van der Waals surface area contributed by atoms with Gasteiger partial charge >= 0.3 is 0 Å². The van der Waals surface area contributed by atoms with Gasteiger partial charge in [0.1, 0.15) is 6.61 Å². The molecular formula is C12H18N2O4. The fourth-order valence-corrected chi connectivity index (χ4v) is 1.91. The Kier molecular flexibility index (Phi) is 4.72. The second-order valence-electron chi connectivity index (χ2n) is 4.38. The molecule has 18 heavy (non-hydrogen) atoms. The first-order valence-corrected chi connectivity index (χ1v) is 6.10. The van der Waals surface area contributed by atoms with Gasteiger partial charge in [-0.05, 0) is 18.8 Å². The molecule has 0 aromatic carbocycles. The van der Waals surface area contributed by atoms with Crippen LogP contribution in [0.4, 0.5) is 0 Å². The zero-order valence-electron chi connectivity index (χ0n) is 10.5. The van der Waals surface area contributed by atoms with E-state index in [0.29, 0.717) is 30.5 Å². The van der Waals surface area contributed by atoms with Crippen molar-refractivity contribution in [1.82, 2.24) is 10.5 Å². The van der Waals surface area contributed by atoms with E-state index in [-0.39, 0.29) is 5.91 Å². The third-order valence-corrected chi connectivity index (χ3v) is 2.97. The quantitative estimate of drug-likeness (QED) is 0.847. The van der Waals surface area contributed by atoms with Gasteiger partial charge in [0.25, 0.3) is 5.91 Å². The van der Waals surface area contributed by atoms with Gasteiger partial charge < -0.3 is 19.3 Å². The summed E-state index contributed by atoms with van der Waals surface area (Å²) >= 11 is 0. The zero-order valence-corrected chi connectivity index (χ0v) is 10.5. The lowest BCUT2D eigenvalue weighted by Crippen LogP contribution is -2.32. The first-order valence-electron chi connectivity index (χ1n) is 6.10. The zero-order chi connectivity index (χ0) is 12.8. The highest BCUT2D eigenvalue weighted by atomic mass is 16.5. The van der Waals surface area contributed by atoms with Crippen LogP contribution in [0.2, 0.25) is 0 Å². The van der Waals surface area contributed by atoms with E-state index in [9.17, 15) is 4.79 Å². The third kappa shape index (κ3) is 3.54. The van der Waals surface area contributed by atoms with E-state index in [0.717, 1.165) is 26.1 Å². The molecule has 1 fully saturated rings. The Balaban J connectivity index is 1.79. The van der Waals surface area contributed by atoms with Gasteiger partial charge in [-0.15, -0.1) is 0 Å². The molecule has 0 spiro atoms. The van der Waals surface area contributed by atoms with Crippen molar-refractivity contribution in [3.8, 4) is 0 Å². The molecule has 6 nitrogen and oxygen atoms in total. The van der Waals surface area contributed by atoms with Gasteiger partial charge in [0.15, 0.2) is 11.5 Å². The molecule has 1 N–H and O–H groups in total. The molecule has 1 aromatic heterocycles. The number of amides is 1. The highest BCUT2D eigenvalue weighted by molar-refractivity contribution is 5.92. The van der Waals surface area contributed by atoms with Crippen LogP contribution in [0.5, 0.6) is 0 Å². The van der Waals surface area contributed by atoms with Crippen LogP contribution in [-0.4, -0.2) is 37.9 Å². The number of carbonyl (C=O) groups is 1. The number of nitrogens with zero attached hydrogens (tertiary/aromatic N) is 1. The second-order valence-corrected chi connectivity index (χ2v) is 4.38. The minimum Gasteiger partial charge on any atom is -0.381 e. The molecule has 2 heterocycles. The van der Waals surface area contributed by atoms with Crippen LogP contribution in [0.15, 0.2) is 10.6 Å². The van der Waals surface area contributed by atoms with Crippen LogP contribution in [0.25, 0.3) is 0 Å². The molecule has 1 aliphatic heterocycles. The minimum atomic E-state index is -0.201. The largest absolute Gasteiger partial charge is 0.381 e. The molecule has 1 aliphatic rings. The fraction of sp³-hybridized carbons (Fsp3) is 0.667. The predicted molar refractivity (Wildman–Crippen MR) is 63.1 cm³/mol. The highest BCUT2D eigenvalue weighted by Gasteiger charge is 2.17. The fourth-order valence-electron chi connectivity index (χ4n) is 1.91. The summed E-state index contributed by atoms with van der Waals surface area (Å²) in [7, 11) is 1.56. The van der Waals surface area contributed by atoms with E-state index in [1.54, 1.807) is 13.2 Å². The Morgan fingerprint density at radius 2 is 2.33 bits per heavy atom. The smallest absolute Gasteiger partial charge is 0.273 e. The Hall–Kier alpha value is -1.40. The standard InChI is InChI=1S/C12H18N2O4/c1-16-8-10-6-11(14-18-10)12(15)13-7-9-2-4-17-5-3-9/h6,9H,2-5,7-8H2,1H3,(H,13,15). The van der Waals surface area contributed by atoms with Gasteiger partial charge in [0, 0.05) is 32.9 Å². The van der Waals surface area contributed by atoms with Crippen molar-refractivity contribution in [3.63, 3.8) is 0 Å². The van der Waals surface area contributed by atoms with E-state index in [4.69, 9.17) is 14.0 Å². The molecule has 0 saturated carbocycles. The summed E-state index contributed by atoms with van der Waals surface area (Å²) in [6, 6.07) is 1.60. The van der Waals surface area contributed by atoms with Gasteiger partial charge in [0.05, 0.1) is 0 Å². The molecular weight excluding hydrogens is 236 g/mol. The van der Waals surface area contributed by atoms with E-state index in [1.807, 2.05) is 0 Å². The maximum atomic E-state index is 11.8. The van der Waals surface area contributed by atoms with Gasteiger partial charge in [0.2, 0.25) is 0 Å². The highest BCUT2D eigenvalue weighted by Crippen LogP contribution is 2.13. The first-order chi connectivity index (χ1) is 8.79. The summed E-state index contributed by atoms with van der Waals surface area (Å²) in [4.78, 5) is 11.8. The summed E-state index contributed by atoms with van der Waals surface area (Å²) in [5.41, 5.74) is 0.300. The topological polar surface area (TPSA) is 73.6 Å². The number of rotatable bonds is 5. The number of aromatic nitrogens is 1. The average molecular weight is 254 g/mol. The van der Waals surface area contributed by atoms with Crippen LogP contribution in [-0.2, 0) is 16.1 Å². The van der Waals surface area contributed by atoms with Crippen LogP contribution in [0.3, 0.4) is 0 Å². The molecule has 0 aliphatic carbocycles. The van der Waals surface area contributed by atoms with Crippen molar-refractivity contribution in [1.29, 1.82) is 0 Å². The Labute approximate surface area is 106 Å². The van der Waals surface area contributed by atoms with Crippen molar-refractivity contribution in [3.05, 3.63) is 17.5 Å². The van der Waals surface area contributed by atoms with Crippen LogP contribution in [0, 0.1) is 5.92 Å². The number of hydrogen-bond acceptors (Lipinski definition) is 5. The van der Waals surface area contributed by atoms with Crippen molar-refractivity contribution < 1.29 is 18.8 Å². The molecule has 1 amide bonds.